The topological polar surface area (TPSA) is 105 Å². The number of nitrogen functional groups attached to an aromatic ring is 1. The van der Waals surface area contributed by atoms with Gasteiger partial charge in [-0.05, 0) is 43.0 Å². The second-order valence-corrected chi connectivity index (χ2v) is 7.99. The first-order valence-electron chi connectivity index (χ1n) is 9.93. The van der Waals surface area contributed by atoms with Gasteiger partial charge in [0.2, 0.25) is 11.9 Å². The van der Waals surface area contributed by atoms with Crippen molar-refractivity contribution in [2.45, 2.75) is 25.4 Å². The molecule has 3 N–H and O–H groups in total. The van der Waals surface area contributed by atoms with E-state index in [0.29, 0.717) is 44.4 Å². The first-order chi connectivity index (χ1) is 14.0. The van der Waals surface area contributed by atoms with Crippen molar-refractivity contribution in [1.82, 2.24) is 14.9 Å². The molecule has 2 aromatic rings. The van der Waals surface area contributed by atoms with Crippen molar-refractivity contribution >= 4 is 17.7 Å². The van der Waals surface area contributed by atoms with Gasteiger partial charge in [-0.15, -0.1) is 0 Å². The summed E-state index contributed by atoms with van der Waals surface area (Å²) in [5.41, 5.74) is 6.25. The molecule has 1 aromatic carbocycles. The fourth-order valence-corrected chi connectivity index (χ4v) is 4.31. The highest BCUT2D eigenvalue weighted by Gasteiger charge is 2.52. The Kier molecular flexibility index (Phi) is 5.27. The molecule has 0 aliphatic carbocycles. The maximum absolute atomic E-state index is 13.5. The molecule has 1 atom stereocenters. The number of aliphatic hydroxyl groups is 1. The Morgan fingerprint density at radius 2 is 2.21 bits per heavy atom. The van der Waals surface area contributed by atoms with Crippen LogP contribution in [0.2, 0.25) is 0 Å². The summed E-state index contributed by atoms with van der Waals surface area (Å²) in [4.78, 5) is 25.9. The van der Waals surface area contributed by atoms with Crippen LogP contribution in [0.1, 0.15) is 18.4 Å². The monoisotopic (exact) mass is 397 g/mol. The summed E-state index contributed by atoms with van der Waals surface area (Å²) in [6.45, 7) is 2.11. The van der Waals surface area contributed by atoms with Gasteiger partial charge >= 0.3 is 0 Å². The average molecular weight is 397 g/mol. The van der Waals surface area contributed by atoms with Crippen LogP contribution in [-0.4, -0.2) is 65.3 Å². The van der Waals surface area contributed by atoms with Crippen molar-refractivity contribution in [3.8, 4) is 5.75 Å². The lowest BCUT2D eigenvalue weighted by atomic mass is 9.73. The third-order valence-electron chi connectivity index (χ3n) is 5.75. The highest BCUT2D eigenvalue weighted by atomic mass is 16.5. The van der Waals surface area contributed by atoms with Gasteiger partial charge in [-0.2, -0.15) is 4.98 Å². The van der Waals surface area contributed by atoms with E-state index in [-0.39, 0.29) is 5.91 Å². The van der Waals surface area contributed by atoms with Crippen LogP contribution < -0.4 is 15.4 Å². The van der Waals surface area contributed by atoms with E-state index in [1.807, 2.05) is 34.1 Å². The molecule has 8 heteroatoms. The number of aromatic nitrogens is 2. The van der Waals surface area contributed by atoms with E-state index >= 15 is 0 Å². The Hall–Kier alpha value is -2.87. The second kappa shape index (κ2) is 7.87. The molecule has 1 unspecified atom stereocenters. The number of rotatable bonds is 5. The fraction of sp³-hybridized carbons (Fsp3) is 0.476. The Bertz CT molecular complexity index is 884. The quantitative estimate of drug-likeness (QED) is 0.778. The third kappa shape index (κ3) is 3.98. The van der Waals surface area contributed by atoms with E-state index < -0.39 is 11.5 Å². The van der Waals surface area contributed by atoms with Crippen molar-refractivity contribution < 1.29 is 14.6 Å². The molecular weight excluding hydrogens is 370 g/mol. The zero-order valence-corrected chi connectivity index (χ0v) is 16.6. The normalized spacial score (nSPS) is 20.8. The van der Waals surface area contributed by atoms with Crippen LogP contribution in [-0.2, 0) is 11.2 Å². The number of benzene rings is 1. The molecule has 3 heterocycles. The molecule has 2 fully saturated rings. The van der Waals surface area contributed by atoms with Crippen LogP contribution in [0.3, 0.4) is 0 Å². The van der Waals surface area contributed by atoms with Gasteiger partial charge in [0, 0.05) is 32.4 Å². The Labute approximate surface area is 170 Å². The second-order valence-electron chi connectivity index (χ2n) is 7.99. The van der Waals surface area contributed by atoms with E-state index in [0.717, 1.165) is 24.2 Å². The van der Waals surface area contributed by atoms with Gasteiger partial charge < -0.3 is 25.4 Å². The molecule has 154 valence electrons. The standard InChI is InChI=1S/C21H27N5O3/c1-29-17-6-2-4-15(10-17)11-21(19(28)25-9-3-5-16(27)12-25)13-26(14-21)20-23-8-7-18(22)24-20/h2,4,6-8,10,16,27H,3,5,9,11-14H2,1H3,(H2,22,23,24). The van der Waals surface area contributed by atoms with E-state index in [4.69, 9.17) is 10.5 Å². The highest BCUT2D eigenvalue weighted by Crippen LogP contribution is 2.39. The predicted molar refractivity (Wildman–Crippen MR) is 110 cm³/mol. The lowest BCUT2D eigenvalue weighted by molar-refractivity contribution is -0.147. The molecule has 4 rings (SSSR count). The van der Waals surface area contributed by atoms with Gasteiger partial charge in [0.15, 0.2) is 0 Å². The average Bonchev–Trinajstić information content (AvgIpc) is 2.70. The number of piperidine rings is 1. The van der Waals surface area contributed by atoms with Crippen molar-refractivity contribution in [2.24, 2.45) is 5.41 Å². The minimum absolute atomic E-state index is 0.0826. The SMILES string of the molecule is COc1cccc(CC2(C(=O)N3CCCC(O)C3)CN(c3nccc(N)n3)C2)c1. The number of ether oxygens (including phenoxy) is 1. The molecule has 29 heavy (non-hydrogen) atoms. The molecule has 1 amide bonds. The van der Waals surface area contributed by atoms with Gasteiger partial charge in [0.1, 0.15) is 11.6 Å². The van der Waals surface area contributed by atoms with Crippen molar-refractivity contribution in [2.75, 3.05) is 43.9 Å². The van der Waals surface area contributed by atoms with Crippen LogP contribution in [0.5, 0.6) is 5.75 Å². The molecule has 2 aliphatic rings. The van der Waals surface area contributed by atoms with E-state index in [1.54, 1.807) is 19.4 Å². The maximum Gasteiger partial charge on any atom is 0.232 e. The summed E-state index contributed by atoms with van der Waals surface area (Å²) in [6, 6.07) is 9.47. The summed E-state index contributed by atoms with van der Waals surface area (Å²) in [5.74, 6) is 1.80. The van der Waals surface area contributed by atoms with Crippen molar-refractivity contribution in [1.29, 1.82) is 0 Å². The zero-order chi connectivity index (χ0) is 20.4. The van der Waals surface area contributed by atoms with E-state index in [2.05, 4.69) is 9.97 Å². The number of hydrogen-bond acceptors (Lipinski definition) is 7. The summed E-state index contributed by atoms with van der Waals surface area (Å²) >= 11 is 0. The smallest absolute Gasteiger partial charge is 0.232 e. The number of nitrogens with two attached hydrogens (primary N) is 1. The lowest BCUT2D eigenvalue weighted by Crippen LogP contribution is -2.66. The van der Waals surface area contributed by atoms with Crippen molar-refractivity contribution in [3.63, 3.8) is 0 Å². The Morgan fingerprint density at radius 1 is 1.38 bits per heavy atom. The maximum atomic E-state index is 13.5. The first-order valence-corrected chi connectivity index (χ1v) is 9.93. The molecule has 2 saturated heterocycles. The number of nitrogens with zero attached hydrogens (tertiary/aromatic N) is 4. The molecule has 0 radical (unpaired) electrons. The van der Waals surface area contributed by atoms with E-state index in [9.17, 15) is 9.90 Å². The minimum atomic E-state index is -0.586. The van der Waals surface area contributed by atoms with Crippen LogP contribution in [0.15, 0.2) is 36.5 Å². The molecule has 0 bridgehead atoms. The third-order valence-corrected chi connectivity index (χ3v) is 5.75. The van der Waals surface area contributed by atoms with Gasteiger partial charge in [-0.1, -0.05) is 12.1 Å². The number of hydrogen-bond donors (Lipinski definition) is 2. The van der Waals surface area contributed by atoms with Crippen LogP contribution in [0, 0.1) is 5.41 Å². The molecular formula is C21H27N5O3. The zero-order valence-electron chi connectivity index (χ0n) is 16.6. The summed E-state index contributed by atoms with van der Waals surface area (Å²) in [7, 11) is 1.64. The largest absolute Gasteiger partial charge is 0.497 e. The number of carbonyl (C=O) groups excluding carboxylic acids is 1. The number of aliphatic hydroxyl groups excluding tert-OH is 1. The molecule has 0 saturated carbocycles. The number of likely N-dealkylation sites (tertiary alicyclic amines) is 1. The van der Waals surface area contributed by atoms with Crippen molar-refractivity contribution in [3.05, 3.63) is 42.1 Å². The molecule has 2 aliphatic heterocycles. The Balaban J connectivity index is 1.58. The molecule has 1 aromatic heterocycles. The molecule has 0 spiro atoms. The predicted octanol–water partition coefficient (Wildman–Crippen LogP) is 1.10. The number of amides is 1. The van der Waals surface area contributed by atoms with Gasteiger partial charge in [-0.3, -0.25) is 4.79 Å². The number of carbonyl (C=O) groups is 1. The number of methoxy groups -OCH3 is 1. The highest BCUT2D eigenvalue weighted by molar-refractivity contribution is 5.86. The summed E-state index contributed by atoms with van der Waals surface area (Å²) in [5, 5.41) is 10.0. The van der Waals surface area contributed by atoms with Crippen LogP contribution >= 0.6 is 0 Å². The minimum Gasteiger partial charge on any atom is -0.497 e. The van der Waals surface area contributed by atoms with Gasteiger partial charge in [-0.25, -0.2) is 4.98 Å². The van der Waals surface area contributed by atoms with Gasteiger partial charge in [0.25, 0.3) is 0 Å². The summed E-state index contributed by atoms with van der Waals surface area (Å²) < 4.78 is 5.34. The number of β-amino-alcohol motifs (C(OH)–C–C–N with tert-alkyl or cyclic N) is 1. The number of anilines is 2. The Morgan fingerprint density at radius 3 is 2.93 bits per heavy atom. The fourth-order valence-electron chi connectivity index (χ4n) is 4.31. The van der Waals surface area contributed by atoms with Crippen LogP contribution in [0.25, 0.3) is 0 Å². The summed E-state index contributed by atoms with van der Waals surface area (Å²) in [6.07, 6.45) is 3.34. The van der Waals surface area contributed by atoms with Crippen LogP contribution in [0.4, 0.5) is 11.8 Å². The van der Waals surface area contributed by atoms with Gasteiger partial charge in [0.05, 0.1) is 18.6 Å². The first kappa shape index (κ1) is 19.4. The molecule has 8 nitrogen and oxygen atoms in total. The lowest BCUT2D eigenvalue weighted by Gasteiger charge is -2.51. The van der Waals surface area contributed by atoms with E-state index in [1.165, 1.54) is 0 Å².